The normalized spacial score (nSPS) is 14.9. The Hall–Kier alpha value is -3.26. The molecule has 3 rings (SSSR count). The third kappa shape index (κ3) is 4.29. The van der Waals surface area contributed by atoms with Crippen LogP contribution in [0.3, 0.4) is 0 Å². The molecule has 8 heteroatoms. The summed E-state index contributed by atoms with van der Waals surface area (Å²) in [6, 6.07) is 11.8. The lowest BCUT2D eigenvalue weighted by Crippen LogP contribution is -2.02. The van der Waals surface area contributed by atoms with Crippen LogP contribution in [-0.2, 0) is 11.4 Å². The molecule has 3 N–H and O–H groups in total. The highest BCUT2D eigenvalue weighted by Crippen LogP contribution is 2.36. The quantitative estimate of drug-likeness (QED) is 0.737. The Balaban J connectivity index is 1.88. The van der Waals surface area contributed by atoms with E-state index in [9.17, 15) is 9.59 Å². The van der Waals surface area contributed by atoms with Gasteiger partial charge in [0.05, 0.1) is 17.6 Å². The fraction of sp³-hybridized carbons (Fsp3) is 0.105. The van der Waals surface area contributed by atoms with E-state index in [1.165, 1.54) is 13.2 Å². The molecule has 0 spiro atoms. The molecule has 0 unspecified atom stereocenters. The molecule has 27 heavy (non-hydrogen) atoms. The van der Waals surface area contributed by atoms with Gasteiger partial charge in [-0.05, 0) is 41.6 Å². The van der Waals surface area contributed by atoms with Gasteiger partial charge in [0.2, 0.25) is 0 Å². The van der Waals surface area contributed by atoms with E-state index in [2.05, 4.69) is 4.99 Å². The van der Waals surface area contributed by atoms with Gasteiger partial charge >= 0.3 is 5.97 Å². The molecular formula is C19H16N2O5S. The number of amidine groups is 1. The average molecular weight is 384 g/mol. The van der Waals surface area contributed by atoms with Gasteiger partial charge in [-0.3, -0.25) is 4.79 Å². The molecule has 0 saturated heterocycles. The van der Waals surface area contributed by atoms with E-state index in [1.54, 1.807) is 42.5 Å². The first-order valence-corrected chi connectivity index (χ1v) is 8.69. The average Bonchev–Trinajstić information content (AvgIpc) is 2.97. The summed E-state index contributed by atoms with van der Waals surface area (Å²) in [5.41, 5.74) is 7.09. The maximum atomic E-state index is 11.9. The molecule has 0 bridgehead atoms. The highest BCUT2D eigenvalue weighted by Gasteiger charge is 2.21. The van der Waals surface area contributed by atoms with Crippen molar-refractivity contribution in [2.45, 2.75) is 6.61 Å². The molecule has 0 aliphatic carbocycles. The first-order valence-electron chi connectivity index (χ1n) is 7.88. The third-order valence-corrected chi connectivity index (χ3v) is 4.52. The van der Waals surface area contributed by atoms with Crippen LogP contribution in [0, 0.1) is 0 Å². The molecular weight excluding hydrogens is 368 g/mol. The Morgan fingerprint density at radius 3 is 2.74 bits per heavy atom. The van der Waals surface area contributed by atoms with Crippen LogP contribution in [0.4, 0.5) is 0 Å². The molecule has 1 aliphatic heterocycles. The van der Waals surface area contributed by atoms with E-state index in [0.29, 0.717) is 27.5 Å². The summed E-state index contributed by atoms with van der Waals surface area (Å²) in [6.45, 7) is 0.136. The van der Waals surface area contributed by atoms with Gasteiger partial charge in [0, 0.05) is 5.56 Å². The number of aromatic carboxylic acids is 1. The molecule has 0 radical (unpaired) electrons. The first kappa shape index (κ1) is 18.5. The number of nitrogens with two attached hydrogens (primary N) is 1. The number of thioether (sulfide) groups is 1. The number of benzene rings is 2. The van der Waals surface area contributed by atoms with E-state index in [-0.39, 0.29) is 17.3 Å². The van der Waals surface area contributed by atoms with Crippen LogP contribution in [0.25, 0.3) is 6.08 Å². The van der Waals surface area contributed by atoms with Crippen molar-refractivity contribution >= 4 is 34.9 Å². The Morgan fingerprint density at radius 1 is 1.30 bits per heavy atom. The van der Waals surface area contributed by atoms with Gasteiger partial charge in [0.15, 0.2) is 16.7 Å². The van der Waals surface area contributed by atoms with Crippen LogP contribution in [0.2, 0.25) is 0 Å². The van der Waals surface area contributed by atoms with Crippen molar-refractivity contribution in [1.82, 2.24) is 0 Å². The molecule has 0 fully saturated rings. The fourth-order valence-corrected chi connectivity index (χ4v) is 3.15. The van der Waals surface area contributed by atoms with Crippen LogP contribution in [0.15, 0.2) is 52.4 Å². The minimum absolute atomic E-state index is 0.136. The molecule has 7 nitrogen and oxygen atoms in total. The van der Waals surface area contributed by atoms with Crippen LogP contribution in [0.5, 0.6) is 11.5 Å². The number of carbonyl (C=O) groups excluding carboxylic acids is 1. The lowest BCUT2D eigenvalue weighted by atomic mass is 10.1. The first-order chi connectivity index (χ1) is 13.0. The fourth-order valence-electron chi connectivity index (χ4n) is 2.48. The van der Waals surface area contributed by atoms with Crippen molar-refractivity contribution in [3.63, 3.8) is 0 Å². The number of para-hydroxylation sites is 1. The lowest BCUT2D eigenvalue weighted by molar-refractivity contribution is -0.113. The Labute approximate surface area is 159 Å². The molecule has 1 heterocycles. The summed E-state index contributed by atoms with van der Waals surface area (Å²) in [6.07, 6.45) is 1.64. The van der Waals surface area contributed by atoms with Crippen molar-refractivity contribution < 1.29 is 24.2 Å². The highest BCUT2D eigenvalue weighted by molar-refractivity contribution is 8.18. The zero-order chi connectivity index (χ0) is 19.4. The predicted molar refractivity (Wildman–Crippen MR) is 103 cm³/mol. The molecule has 0 saturated carbocycles. The summed E-state index contributed by atoms with van der Waals surface area (Å²) in [5.74, 6) is -0.482. The van der Waals surface area contributed by atoms with Gasteiger partial charge in [-0.15, -0.1) is 0 Å². The van der Waals surface area contributed by atoms with Crippen LogP contribution < -0.4 is 15.2 Å². The second-order valence-corrected chi connectivity index (χ2v) is 6.60. The van der Waals surface area contributed by atoms with Gasteiger partial charge in [0.25, 0.3) is 5.91 Å². The Kier molecular flexibility index (Phi) is 5.46. The highest BCUT2D eigenvalue weighted by atomic mass is 32.2. The number of ether oxygens (including phenoxy) is 2. The van der Waals surface area contributed by atoms with E-state index >= 15 is 0 Å². The maximum absolute atomic E-state index is 11.9. The number of aliphatic imine (C=N–C) groups is 1. The monoisotopic (exact) mass is 384 g/mol. The predicted octanol–water partition coefficient (Wildman–Crippen LogP) is 2.90. The van der Waals surface area contributed by atoms with Crippen molar-refractivity contribution in [1.29, 1.82) is 0 Å². The molecule has 2 aromatic rings. The smallest absolute Gasteiger partial charge is 0.335 e. The maximum Gasteiger partial charge on any atom is 0.335 e. The summed E-state index contributed by atoms with van der Waals surface area (Å²) in [4.78, 5) is 27.0. The van der Waals surface area contributed by atoms with Crippen molar-refractivity contribution in [3.8, 4) is 11.5 Å². The third-order valence-electron chi connectivity index (χ3n) is 3.71. The Bertz CT molecular complexity index is 968. The molecule has 0 atom stereocenters. The summed E-state index contributed by atoms with van der Waals surface area (Å²) < 4.78 is 11.3. The number of methoxy groups -OCH3 is 1. The molecule has 138 valence electrons. The number of hydrogen-bond donors (Lipinski definition) is 2. The number of nitrogens with zero attached hydrogens (tertiary/aromatic N) is 1. The zero-order valence-corrected chi connectivity index (χ0v) is 15.2. The number of amides is 1. The standard InChI is InChI=1S/C19H16N2O5S/c1-25-14-7-3-5-12(9-15-17(22)21-19(20)27-15)16(14)26-10-11-4-2-6-13(8-11)18(23)24/h2-9H,10H2,1H3,(H,23,24)(H2,20,21,22). The largest absolute Gasteiger partial charge is 0.493 e. The van der Waals surface area contributed by atoms with E-state index in [1.807, 2.05) is 0 Å². The minimum atomic E-state index is -1.01. The SMILES string of the molecule is COc1cccc(C=C2SC(N)=NC2=O)c1OCc1cccc(C(=O)O)c1. The molecule has 0 aromatic heterocycles. The molecule has 1 aliphatic rings. The zero-order valence-electron chi connectivity index (χ0n) is 14.3. The van der Waals surface area contributed by atoms with Crippen molar-refractivity contribution in [3.05, 3.63) is 64.1 Å². The second-order valence-electron chi connectivity index (χ2n) is 5.54. The number of carboxylic acids is 1. The van der Waals surface area contributed by atoms with Crippen molar-refractivity contribution in [2.24, 2.45) is 10.7 Å². The Morgan fingerprint density at radius 2 is 2.07 bits per heavy atom. The molecule has 1 amide bonds. The van der Waals surface area contributed by atoms with Crippen LogP contribution in [0.1, 0.15) is 21.5 Å². The lowest BCUT2D eigenvalue weighted by Gasteiger charge is -2.14. The summed E-state index contributed by atoms with van der Waals surface area (Å²) in [5, 5.41) is 9.30. The number of hydrogen-bond acceptors (Lipinski definition) is 6. The topological polar surface area (TPSA) is 111 Å². The number of carboxylic acid groups (broad SMARTS) is 1. The number of carbonyl (C=O) groups is 2. The summed E-state index contributed by atoms with van der Waals surface area (Å²) in [7, 11) is 1.51. The summed E-state index contributed by atoms with van der Waals surface area (Å²) >= 11 is 1.09. The van der Waals surface area contributed by atoms with Crippen molar-refractivity contribution in [2.75, 3.05) is 7.11 Å². The van der Waals surface area contributed by atoms with Gasteiger partial charge in [-0.25, -0.2) is 4.79 Å². The van der Waals surface area contributed by atoms with E-state index < -0.39 is 11.9 Å². The van der Waals surface area contributed by atoms with Gasteiger partial charge < -0.3 is 20.3 Å². The van der Waals surface area contributed by atoms with Gasteiger partial charge in [0.1, 0.15) is 6.61 Å². The molecule has 2 aromatic carbocycles. The van der Waals surface area contributed by atoms with E-state index in [0.717, 1.165) is 11.8 Å². The minimum Gasteiger partial charge on any atom is -0.493 e. The van der Waals surface area contributed by atoms with Gasteiger partial charge in [-0.1, -0.05) is 24.3 Å². The second kappa shape index (κ2) is 7.96. The van der Waals surface area contributed by atoms with Crippen LogP contribution in [-0.4, -0.2) is 29.3 Å². The van der Waals surface area contributed by atoms with Crippen LogP contribution >= 0.6 is 11.8 Å². The van der Waals surface area contributed by atoms with E-state index in [4.69, 9.17) is 20.3 Å². The van der Waals surface area contributed by atoms with Gasteiger partial charge in [-0.2, -0.15) is 4.99 Å². The number of rotatable bonds is 6.